The first-order valence-corrected chi connectivity index (χ1v) is 10.7. The molecule has 2 aliphatic rings. The molecule has 1 amide bonds. The van der Waals surface area contributed by atoms with E-state index in [2.05, 4.69) is 12.0 Å². The Bertz CT molecular complexity index is 832. The molecule has 1 aliphatic carbocycles. The number of piperidine rings is 1. The molecule has 1 saturated heterocycles. The summed E-state index contributed by atoms with van der Waals surface area (Å²) < 4.78 is 1.73. The van der Waals surface area contributed by atoms with Gasteiger partial charge in [0, 0.05) is 25.6 Å². The molecule has 3 atom stereocenters. The lowest BCUT2D eigenvalue weighted by atomic mass is 9.66. The number of benzene rings is 1. The second kappa shape index (κ2) is 7.70. The van der Waals surface area contributed by atoms with Crippen LogP contribution in [0, 0.1) is 5.92 Å². The predicted molar refractivity (Wildman–Crippen MR) is 109 cm³/mol. The fourth-order valence-corrected chi connectivity index (χ4v) is 5.27. The van der Waals surface area contributed by atoms with Gasteiger partial charge in [-0.15, -0.1) is 0 Å². The van der Waals surface area contributed by atoms with Crippen molar-refractivity contribution in [1.29, 1.82) is 0 Å². The number of aromatic nitrogens is 2. The number of hydrogen-bond acceptors (Lipinski definition) is 3. The lowest BCUT2D eigenvalue weighted by Gasteiger charge is -2.52. The van der Waals surface area contributed by atoms with Gasteiger partial charge in [0.1, 0.15) is 5.69 Å². The second-order valence-electron chi connectivity index (χ2n) is 8.39. The van der Waals surface area contributed by atoms with Crippen molar-refractivity contribution in [2.45, 2.75) is 63.5 Å². The van der Waals surface area contributed by atoms with Crippen LogP contribution in [0.2, 0.25) is 0 Å². The number of likely N-dealkylation sites (tertiary alicyclic amines) is 1. The average Bonchev–Trinajstić information content (AvgIpc) is 3.09. The van der Waals surface area contributed by atoms with Gasteiger partial charge in [0.15, 0.2) is 0 Å². The molecule has 1 N–H and O–H groups in total. The van der Waals surface area contributed by atoms with Gasteiger partial charge in [0.05, 0.1) is 11.3 Å². The zero-order valence-corrected chi connectivity index (χ0v) is 17.0. The first-order chi connectivity index (χ1) is 13.5. The van der Waals surface area contributed by atoms with Crippen LogP contribution in [0.4, 0.5) is 0 Å². The summed E-state index contributed by atoms with van der Waals surface area (Å²) >= 11 is 0. The van der Waals surface area contributed by atoms with Crippen LogP contribution >= 0.6 is 0 Å². The molecule has 1 aromatic carbocycles. The Hall–Kier alpha value is -2.14. The Morgan fingerprint density at radius 1 is 1.25 bits per heavy atom. The number of nitrogens with zero attached hydrogens (tertiary/aromatic N) is 3. The van der Waals surface area contributed by atoms with Gasteiger partial charge in [-0.05, 0) is 37.3 Å². The highest BCUT2D eigenvalue weighted by atomic mass is 16.3. The highest BCUT2D eigenvalue weighted by Crippen LogP contribution is 2.47. The maximum Gasteiger partial charge on any atom is 0.272 e. The molecule has 1 aliphatic heterocycles. The molecule has 1 unspecified atom stereocenters. The molecule has 0 spiro atoms. The lowest BCUT2D eigenvalue weighted by Crippen LogP contribution is -2.59. The van der Waals surface area contributed by atoms with E-state index in [1.807, 2.05) is 48.3 Å². The number of hydrogen-bond donors (Lipinski definition) is 1. The van der Waals surface area contributed by atoms with E-state index in [0.29, 0.717) is 18.7 Å². The van der Waals surface area contributed by atoms with Crippen molar-refractivity contribution in [2.24, 2.45) is 13.0 Å². The molecule has 1 aromatic heterocycles. The van der Waals surface area contributed by atoms with Gasteiger partial charge in [-0.2, -0.15) is 5.10 Å². The van der Waals surface area contributed by atoms with Crippen molar-refractivity contribution in [3.63, 3.8) is 0 Å². The van der Waals surface area contributed by atoms with Crippen LogP contribution in [0.1, 0.15) is 67.2 Å². The Kier molecular flexibility index (Phi) is 5.28. The van der Waals surface area contributed by atoms with Gasteiger partial charge in [0.25, 0.3) is 5.91 Å². The number of rotatable bonds is 4. The van der Waals surface area contributed by atoms with Gasteiger partial charge in [-0.3, -0.25) is 9.48 Å². The summed E-state index contributed by atoms with van der Waals surface area (Å²) in [6.07, 6.45) is 6.65. The highest BCUT2D eigenvalue weighted by Gasteiger charge is 2.50. The minimum absolute atomic E-state index is 0.0596. The van der Waals surface area contributed by atoms with E-state index in [1.54, 1.807) is 4.68 Å². The number of fused-ring (bicyclic) bond motifs is 1. The van der Waals surface area contributed by atoms with Gasteiger partial charge >= 0.3 is 0 Å². The number of aryl methyl sites for hydroxylation is 2. The van der Waals surface area contributed by atoms with E-state index in [-0.39, 0.29) is 17.9 Å². The minimum Gasteiger partial charge on any atom is -0.385 e. The summed E-state index contributed by atoms with van der Waals surface area (Å²) in [4.78, 5) is 15.4. The lowest BCUT2D eigenvalue weighted by molar-refractivity contribution is -0.110. The molecule has 0 radical (unpaired) electrons. The molecule has 1 saturated carbocycles. The summed E-state index contributed by atoms with van der Waals surface area (Å²) in [6.45, 7) is 2.71. The van der Waals surface area contributed by atoms with E-state index < -0.39 is 5.60 Å². The van der Waals surface area contributed by atoms with E-state index in [4.69, 9.17) is 0 Å². The van der Waals surface area contributed by atoms with Gasteiger partial charge in [-0.25, -0.2) is 0 Å². The third-order valence-corrected chi connectivity index (χ3v) is 6.67. The van der Waals surface area contributed by atoms with Crippen LogP contribution in [-0.2, 0) is 19.1 Å². The summed E-state index contributed by atoms with van der Waals surface area (Å²) in [5, 5.41) is 16.2. The first kappa shape index (κ1) is 19.2. The molecular formula is C23H31N3O2. The van der Waals surface area contributed by atoms with E-state index in [0.717, 1.165) is 49.8 Å². The Balaban J connectivity index is 1.63. The average molecular weight is 382 g/mol. The van der Waals surface area contributed by atoms with E-state index in [9.17, 15) is 9.90 Å². The first-order valence-electron chi connectivity index (χ1n) is 10.7. The molecular weight excluding hydrogens is 350 g/mol. The Labute approximate surface area is 167 Å². The summed E-state index contributed by atoms with van der Waals surface area (Å²) in [5.41, 5.74) is 1.79. The van der Waals surface area contributed by atoms with Crippen molar-refractivity contribution < 1.29 is 9.90 Å². The highest BCUT2D eigenvalue weighted by molar-refractivity contribution is 5.93. The molecule has 2 aromatic rings. The van der Waals surface area contributed by atoms with E-state index in [1.165, 1.54) is 0 Å². The predicted octanol–water partition coefficient (Wildman–Crippen LogP) is 3.67. The molecule has 5 nitrogen and oxygen atoms in total. The fraction of sp³-hybridized carbons (Fsp3) is 0.565. The third kappa shape index (κ3) is 3.26. The van der Waals surface area contributed by atoms with Gasteiger partial charge in [0.2, 0.25) is 0 Å². The van der Waals surface area contributed by atoms with Crippen LogP contribution in [-0.4, -0.2) is 38.3 Å². The van der Waals surface area contributed by atoms with E-state index >= 15 is 0 Å². The largest absolute Gasteiger partial charge is 0.385 e. The second-order valence-corrected chi connectivity index (χ2v) is 8.39. The number of amides is 1. The van der Waals surface area contributed by atoms with Crippen molar-refractivity contribution in [2.75, 3.05) is 6.54 Å². The van der Waals surface area contributed by atoms with Gasteiger partial charge in [-0.1, -0.05) is 56.5 Å². The standard InChI is InChI=1S/C23H31N3O2/c1-3-9-18-16-21(25(2)24-18)22(27)26-15-14-23(28,17-10-5-4-6-11-17)19-12-7-8-13-20(19)26/h4-6,10-11,16,19-20,28H,3,7-9,12-15H2,1-2H3/t19-,20-,23?/m0/s1. The quantitative estimate of drug-likeness (QED) is 0.879. The third-order valence-electron chi connectivity index (χ3n) is 6.67. The number of aliphatic hydroxyl groups is 1. The van der Waals surface area contributed by atoms with Crippen LogP contribution < -0.4 is 0 Å². The van der Waals surface area contributed by atoms with Crippen molar-refractivity contribution in [1.82, 2.24) is 14.7 Å². The Morgan fingerprint density at radius 2 is 2.00 bits per heavy atom. The fourth-order valence-electron chi connectivity index (χ4n) is 5.27. The smallest absolute Gasteiger partial charge is 0.272 e. The van der Waals surface area contributed by atoms with Crippen LogP contribution in [0.25, 0.3) is 0 Å². The normalized spacial score (nSPS) is 27.5. The Morgan fingerprint density at radius 3 is 2.75 bits per heavy atom. The molecule has 150 valence electrons. The molecule has 2 heterocycles. The molecule has 0 bridgehead atoms. The minimum atomic E-state index is -0.844. The monoisotopic (exact) mass is 381 g/mol. The van der Waals surface area contributed by atoms with Crippen LogP contribution in [0.5, 0.6) is 0 Å². The van der Waals surface area contributed by atoms with Crippen LogP contribution in [0.3, 0.4) is 0 Å². The number of carbonyl (C=O) groups is 1. The molecule has 2 fully saturated rings. The molecule has 28 heavy (non-hydrogen) atoms. The SMILES string of the molecule is CCCc1cc(C(=O)N2CCC(O)(c3ccccc3)[C@H]3CCCC[C@@H]32)n(C)n1. The van der Waals surface area contributed by atoms with Crippen molar-refractivity contribution in [3.8, 4) is 0 Å². The molecule has 5 heteroatoms. The zero-order valence-electron chi connectivity index (χ0n) is 17.0. The van der Waals surface area contributed by atoms with Crippen LogP contribution in [0.15, 0.2) is 36.4 Å². The topological polar surface area (TPSA) is 58.4 Å². The zero-order chi connectivity index (χ0) is 19.7. The summed E-state index contributed by atoms with van der Waals surface area (Å²) in [6, 6.07) is 12.1. The maximum absolute atomic E-state index is 13.4. The summed E-state index contributed by atoms with van der Waals surface area (Å²) in [5.74, 6) is 0.147. The summed E-state index contributed by atoms with van der Waals surface area (Å²) in [7, 11) is 1.86. The van der Waals surface area contributed by atoms with Gasteiger partial charge < -0.3 is 10.0 Å². The molecule has 4 rings (SSSR count). The van der Waals surface area contributed by atoms with Crippen molar-refractivity contribution >= 4 is 5.91 Å². The van der Waals surface area contributed by atoms with Crippen molar-refractivity contribution in [3.05, 3.63) is 53.3 Å². The number of carbonyl (C=O) groups excluding carboxylic acids is 1. The maximum atomic E-state index is 13.4.